The smallest absolute Gasteiger partial charge is 0.318 e. The zero-order valence-electron chi connectivity index (χ0n) is 12.8. The molecule has 0 aliphatic carbocycles. The van der Waals surface area contributed by atoms with E-state index in [0.717, 1.165) is 24.1 Å². The number of ether oxygens (including phenoxy) is 1. The molecule has 2 atom stereocenters. The maximum Gasteiger partial charge on any atom is 0.318 e. The van der Waals surface area contributed by atoms with Gasteiger partial charge in [0.05, 0.1) is 37.5 Å². The number of hydrogen-bond acceptors (Lipinski definition) is 4. The van der Waals surface area contributed by atoms with Crippen molar-refractivity contribution in [2.45, 2.75) is 31.5 Å². The summed E-state index contributed by atoms with van der Waals surface area (Å²) in [6, 6.07) is 10.1. The van der Waals surface area contributed by atoms with Gasteiger partial charge in [0, 0.05) is 5.56 Å². The summed E-state index contributed by atoms with van der Waals surface area (Å²) in [5.41, 5.74) is 1.65. The van der Waals surface area contributed by atoms with Crippen molar-refractivity contribution in [3.8, 4) is 11.5 Å². The molecule has 120 valence electrons. The molecule has 1 N–H and O–H groups in total. The van der Waals surface area contributed by atoms with E-state index in [1.165, 1.54) is 0 Å². The lowest BCUT2D eigenvalue weighted by atomic mass is 10.2. The highest BCUT2D eigenvalue weighted by molar-refractivity contribution is 5.75. The molecule has 2 aliphatic rings. The summed E-state index contributed by atoms with van der Waals surface area (Å²) in [7, 11) is 0. The van der Waals surface area contributed by atoms with E-state index in [-0.39, 0.29) is 18.1 Å². The Morgan fingerprint density at radius 2 is 1.96 bits per heavy atom. The van der Waals surface area contributed by atoms with E-state index >= 15 is 0 Å². The molecule has 3 heterocycles. The fourth-order valence-corrected chi connectivity index (χ4v) is 3.32. The first kappa shape index (κ1) is 14.3. The Balaban J connectivity index is 1.38. The quantitative estimate of drug-likeness (QED) is 0.945. The summed E-state index contributed by atoms with van der Waals surface area (Å²) in [4.78, 5) is 18.8. The van der Waals surface area contributed by atoms with Crippen molar-refractivity contribution in [2.75, 3.05) is 13.2 Å². The van der Waals surface area contributed by atoms with Gasteiger partial charge >= 0.3 is 6.03 Å². The summed E-state index contributed by atoms with van der Waals surface area (Å²) in [6.07, 6.45) is 3.65. The van der Waals surface area contributed by atoms with Crippen LogP contribution >= 0.6 is 0 Å². The lowest BCUT2D eigenvalue weighted by molar-refractivity contribution is 0.00630. The van der Waals surface area contributed by atoms with Gasteiger partial charge in [-0.05, 0) is 25.0 Å². The fraction of sp³-hybridized carbons (Fsp3) is 0.412. The molecular formula is C17H19N3O3. The average molecular weight is 313 g/mol. The van der Waals surface area contributed by atoms with Crippen molar-refractivity contribution in [1.82, 2.24) is 15.2 Å². The van der Waals surface area contributed by atoms with Gasteiger partial charge in [0.1, 0.15) is 6.26 Å². The van der Waals surface area contributed by atoms with Gasteiger partial charge in [-0.1, -0.05) is 18.2 Å². The second-order valence-electron chi connectivity index (χ2n) is 6.00. The van der Waals surface area contributed by atoms with Crippen LogP contribution in [0.3, 0.4) is 0 Å². The van der Waals surface area contributed by atoms with Crippen LogP contribution in [0, 0.1) is 0 Å². The number of nitrogens with one attached hydrogen (secondary N) is 1. The molecule has 0 saturated carbocycles. The molecule has 0 spiro atoms. The number of hydrogen-bond donors (Lipinski definition) is 1. The number of carbonyl (C=O) groups is 1. The van der Waals surface area contributed by atoms with E-state index in [2.05, 4.69) is 10.3 Å². The van der Waals surface area contributed by atoms with Crippen molar-refractivity contribution in [3.05, 3.63) is 42.3 Å². The Bertz CT molecular complexity index is 669. The second-order valence-corrected chi connectivity index (χ2v) is 6.00. The molecule has 2 amide bonds. The molecular weight excluding hydrogens is 294 g/mol. The van der Waals surface area contributed by atoms with Gasteiger partial charge in [-0.25, -0.2) is 9.78 Å². The number of carbonyl (C=O) groups excluding carboxylic acids is 1. The Labute approximate surface area is 134 Å². The molecule has 0 radical (unpaired) electrons. The highest BCUT2D eigenvalue weighted by Crippen LogP contribution is 2.28. The SMILES string of the molecule is O=C(NCc1coc(-c2ccccc2)n1)N1C2CCC1COC2. The van der Waals surface area contributed by atoms with E-state index in [0.29, 0.717) is 25.6 Å². The number of amides is 2. The lowest BCUT2D eigenvalue weighted by Crippen LogP contribution is -2.52. The van der Waals surface area contributed by atoms with Crippen LogP contribution in [-0.4, -0.2) is 41.2 Å². The summed E-state index contributed by atoms with van der Waals surface area (Å²) in [6.45, 7) is 1.66. The molecule has 1 aromatic carbocycles. The summed E-state index contributed by atoms with van der Waals surface area (Å²) in [5.74, 6) is 0.571. The number of fused-ring (bicyclic) bond motifs is 2. The minimum atomic E-state index is -0.0370. The molecule has 2 saturated heterocycles. The molecule has 4 rings (SSSR count). The molecule has 2 fully saturated rings. The third-order valence-corrected chi connectivity index (χ3v) is 4.47. The topological polar surface area (TPSA) is 67.6 Å². The number of rotatable bonds is 3. The molecule has 23 heavy (non-hydrogen) atoms. The third kappa shape index (κ3) is 2.82. The zero-order chi connectivity index (χ0) is 15.6. The van der Waals surface area contributed by atoms with Crippen molar-refractivity contribution in [2.24, 2.45) is 0 Å². The van der Waals surface area contributed by atoms with Crippen molar-refractivity contribution >= 4 is 6.03 Å². The van der Waals surface area contributed by atoms with Crippen molar-refractivity contribution in [3.63, 3.8) is 0 Å². The first-order chi connectivity index (χ1) is 11.3. The standard InChI is InChI=1S/C17H19N3O3/c21-17(20-14-6-7-15(20)11-22-10-14)18-8-13-9-23-16(19-13)12-4-2-1-3-5-12/h1-5,9,14-15H,6-8,10-11H2,(H,18,21). The average Bonchev–Trinajstić information content (AvgIpc) is 3.16. The van der Waals surface area contributed by atoms with E-state index < -0.39 is 0 Å². The number of oxazole rings is 1. The predicted octanol–water partition coefficient (Wildman–Crippen LogP) is 2.41. The summed E-state index contributed by atoms with van der Waals surface area (Å²) < 4.78 is 11.0. The van der Waals surface area contributed by atoms with E-state index in [4.69, 9.17) is 9.15 Å². The monoisotopic (exact) mass is 313 g/mol. The largest absolute Gasteiger partial charge is 0.444 e. The first-order valence-electron chi connectivity index (χ1n) is 7.95. The van der Waals surface area contributed by atoms with Crippen LogP contribution in [0.5, 0.6) is 0 Å². The van der Waals surface area contributed by atoms with Crippen molar-refractivity contribution in [1.29, 1.82) is 0 Å². The number of morpholine rings is 1. The van der Waals surface area contributed by atoms with Crippen LogP contribution in [0.25, 0.3) is 11.5 Å². The molecule has 2 aliphatic heterocycles. The molecule has 6 nitrogen and oxygen atoms in total. The maximum atomic E-state index is 12.4. The van der Waals surface area contributed by atoms with Crippen LogP contribution in [-0.2, 0) is 11.3 Å². The van der Waals surface area contributed by atoms with E-state index in [1.807, 2.05) is 35.2 Å². The first-order valence-corrected chi connectivity index (χ1v) is 7.95. The Kier molecular flexibility index (Phi) is 3.75. The number of urea groups is 1. The zero-order valence-corrected chi connectivity index (χ0v) is 12.8. The number of nitrogens with zero attached hydrogens (tertiary/aromatic N) is 2. The normalized spacial score (nSPS) is 23.0. The minimum absolute atomic E-state index is 0.0370. The highest BCUT2D eigenvalue weighted by atomic mass is 16.5. The van der Waals surface area contributed by atoms with Gasteiger partial charge in [0.2, 0.25) is 5.89 Å². The maximum absolute atomic E-state index is 12.4. The van der Waals surface area contributed by atoms with Crippen LogP contribution in [0.1, 0.15) is 18.5 Å². The molecule has 2 unspecified atom stereocenters. The van der Waals surface area contributed by atoms with E-state index in [1.54, 1.807) is 6.26 Å². The fourth-order valence-electron chi connectivity index (χ4n) is 3.32. The van der Waals surface area contributed by atoms with E-state index in [9.17, 15) is 4.79 Å². The molecule has 2 aromatic rings. The van der Waals surface area contributed by atoms with Crippen molar-refractivity contribution < 1.29 is 13.9 Å². The summed E-state index contributed by atoms with van der Waals surface area (Å²) in [5, 5.41) is 2.94. The van der Waals surface area contributed by atoms with Gasteiger partial charge in [-0.3, -0.25) is 0 Å². The Morgan fingerprint density at radius 1 is 1.22 bits per heavy atom. The second kappa shape index (κ2) is 6.04. The van der Waals surface area contributed by atoms with Crippen LogP contribution in [0.2, 0.25) is 0 Å². The molecule has 6 heteroatoms. The summed E-state index contributed by atoms with van der Waals surface area (Å²) >= 11 is 0. The predicted molar refractivity (Wildman–Crippen MR) is 83.6 cm³/mol. The Hall–Kier alpha value is -2.34. The van der Waals surface area contributed by atoms with Gasteiger partial charge in [0.15, 0.2) is 0 Å². The Morgan fingerprint density at radius 3 is 2.70 bits per heavy atom. The van der Waals surface area contributed by atoms with Crippen LogP contribution in [0.15, 0.2) is 41.0 Å². The van der Waals surface area contributed by atoms with Crippen LogP contribution < -0.4 is 5.32 Å². The van der Waals surface area contributed by atoms with Gasteiger partial charge in [-0.15, -0.1) is 0 Å². The highest BCUT2D eigenvalue weighted by Gasteiger charge is 2.40. The third-order valence-electron chi connectivity index (χ3n) is 4.47. The minimum Gasteiger partial charge on any atom is -0.444 e. The molecule has 2 bridgehead atoms. The lowest BCUT2D eigenvalue weighted by Gasteiger charge is -2.34. The van der Waals surface area contributed by atoms with Gasteiger partial charge in [0.25, 0.3) is 0 Å². The number of aromatic nitrogens is 1. The van der Waals surface area contributed by atoms with Gasteiger partial charge < -0.3 is 19.4 Å². The molecule has 1 aromatic heterocycles. The van der Waals surface area contributed by atoms with Gasteiger partial charge in [-0.2, -0.15) is 0 Å². The van der Waals surface area contributed by atoms with Crippen LogP contribution in [0.4, 0.5) is 4.79 Å². The number of benzene rings is 1.